The Morgan fingerprint density at radius 1 is 0.375 bits per heavy atom. The maximum Gasteiger partial charge on any atom is 0.101 e. The Morgan fingerprint density at radius 2 is 0.812 bits per heavy atom. The molecule has 9 rings (SSSR count). The Labute approximate surface area is 277 Å². The van der Waals surface area contributed by atoms with E-state index in [-0.39, 0.29) is 0 Å². The summed E-state index contributed by atoms with van der Waals surface area (Å²) in [5.74, 6) is 0. The average Bonchev–Trinajstić information content (AvgIpc) is 3.67. The average molecular weight is 611 g/mol. The molecule has 0 atom stereocenters. The van der Waals surface area contributed by atoms with E-state index in [9.17, 15) is 10.5 Å². The summed E-state index contributed by atoms with van der Waals surface area (Å²) in [6.07, 6.45) is 0. The van der Waals surface area contributed by atoms with Gasteiger partial charge in [-0.15, -0.1) is 0 Å². The van der Waals surface area contributed by atoms with Crippen molar-refractivity contribution in [1.82, 2.24) is 9.13 Å². The highest BCUT2D eigenvalue weighted by molar-refractivity contribution is 6.11. The first kappa shape index (κ1) is 27.4. The van der Waals surface area contributed by atoms with E-state index < -0.39 is 0 Å². The molecule has 222 valence electrons. The summed E-state index contributed by atoms with van der Waals surface area (Å²) in [6.45, 7) is 0. The summed E-state index contributed by atoms with van der Waals surface area (Å²) in [5, 5.41) is 25.6. The van der Waals surface area contributed by atoms with Gasteiger partial charge in [-0.2, -0.15) is 10.5 Å². The van der Waals surface area contributed by atoms with Gasteiger partial charge in [-0.05, 0) is 59.7 Å². The third-order valence-corrected chi connectivity index (χ3v) is 9.43. The normalized spacial score (nSPS) is 11.3. The van der Waals surface area contributed by atoms with Gasteiger partial charge in [0.1, 0.15) is 6.07 Å². The molecule has 9 aromatic rings. The van der Waals surface area contributed by atoms with Crippen LogP contribution in [0, 0.1) is 22.7 Å². The number of benzene rings is 7. The molecule has 0 radical (unpaired) electrons. The van der Waals surface area contributed by atoms with Gasteiger partial charge in [-0.3, -0.25) is 0 Å². The molecule has 0 fully saturated rings. The van der Waals surface area contributed by atoms with E-state index in [4.69, 9.17) is 0 Å². The molecule has 0 aliphatic rings. The highest BCUT2D eigenvalue weighted by atomic mass is 15.0. The Morgan fingerprint density at radius 3 is 1.31 bits per heavy atom. The molecule has 0 unspecified atom stereocenters. The van der Waals surface area contributed by atoms with E-state index in [1.165, 1.54) is 10.8 Å². The maximum absolute atomic E-state index is 10.5. The third-order valence-electron chi connectivity index (χ3n) is 9.43. The van der Waals surface area contributed by atoms with Crippen molar-refractivity contribution in [2.24, 2.45) is 0 Å². The van der Waals surface area contributed by atoms with Crippen molar-refractivity contribution in [3.05, 3.63) is 169 Å². The minimum Gasteiger partial charge on any atom is -0.309 e. The topological polar surface area (TPSA) is 57.4 Å². The monoisotopic (exact) mass is 610 g/mol. The van der Waals surface area contributed by atoms with Crippen LogP contribution in [0.5, 0.6) is 0 Å². The molecule has 2 heterocycles. The van der Waals surface area contributed by atoms with Gasteiger partial charge in [0.05, 0.1) is 45.0 Å². The second-order valence-electron chi connectivity index (χ2n) is 11.9. The molecule has 0 aliphatic heterocycles. The lowest BCUT2D eigenvalue weighted by molar-refractivity contribution is 1.17. The second kappa shape index (κ2) is 10.9. The van der Waals surface area contributed by atoms with Crippen LogP contribution in [-0.4, -0.2) is 9.13 Å². The van der Waals surface area contributed by atoms with Gasteiger partial charge < -0.3 is 9.13 Å². The van der Waals surface area contributed by atoms with Gasteiger partial charge in [0, 0.05) is 38.4 Å². The number of nitriles is 2. The number of para-hydroxylation sites is 5. The zero-order valence-corrected chi connectivity index (χ0v) is 25.8. The van der Waals surface area contributed by atoms with Crippen molar-refractivity contribution in [3.8, 4) is 45.8 Å². The quantitative estimate of drug-likeness (QED) is 0.199. The predicted octanol–water partition coefficient (Wildman–Crippen LogP) is 11.0. The molecule has 0 spiro atoms. The molecule has 4 heteroatoms. The molecule has 4 nitrogen and oxygen atoms in total. The van der Waals surface area contributed by atoms with Crippen LogP contribution in [0.15, 0.2) is 158 Å². The van der Waals surface area contributed by atoms with Crippen LogP contribution in [0.4, 0.5) is 0 Å². The molecule has 0 aliphatic carbocycles. The van der Waals surface area contributed by atoms with Gasteiger partial charge >= 0.3 is 0 Å². The molecule has 0 amide bonds. The van der Waals surface area contributed by atoms with Crippen LogP contribution in [0.1, 0.15) is 11.1 Å². The van der Waals surface area contributed by atoms with E-state index in [1.807, 2.05) is 54.6 Å². The number of rotatable bonds is 4. The number of nitrogens with zero attached hydrogens (tertiary/aromatic N) is 4. The van der Waals surface area contributed by atoms with Gasteiger partial charge in [0.15, 0.2) is 0 Å². The third kappa shape index (κ3) is 4.01. The van der Waals surface area contributed by atoms with Crippen LogP contribution in [-0.2, 0) is 0 Å². The summed E-state index contributed by atoms with van der Waals surface area (Å²) in [7, 11) is 0. The fraction of sp³-hybridized carbons (Fsp3) is 0. The number of fused-ring (bicyclic) bond motifs is 6. The summed E-state index contributed by atoms with van der Waals surface area (Å²) in [6, 6.07) is 58.7. The van der Waals surface area contributed by atoms with E-state index in [1.54, 1.807) is 0 Å². The zero-order valence-electron chi connectivity index (χ0n) is 25.8. The Balaban J connectivity index is 1.28. The first-order valence-corrected chi connectivity index (χ1v) is 15.9. The van der Waals surface area contributed by atoms with Crippen LogP contribution >= 0.6 is 0 Å². The summed E-state index contributed by atoms with van der Waals surface area (Å²) in [5.41, 5.74) is 10.8. The van der Waals surface area contributed by atoms with Gasteiger partial charge in [-0.1, -0.05) is 109 Å². The molecule has 48 heavy (non-hydrogen) atoms. The molecule has 0 bridgehead atoms. The Bertz CT molecular complexity index is 2690. The summed E-state index contributed by atoms with van der Waals surface area (Å²) < 4.78 is 4.49. The number of hydrogen-bond donors (Lipinski definition) is 0. The lowest BCUT2D eigenvalue weighted by Gasteiger charge is -2.19. The van der Waals surface area contributed by atoms with Crippen molar-refractivity contribution in [1.29, 1.82) is 10.5 Å². The highest BCUT2D eigenvalue weighted by Crippen LogP contribution is 2.42. The fourth-order valence-electron chi connectivity index (χ4n) is 7.41. The van der Waals surface area contributed by atoms with E-state index in [0.29, 0.717) is 11.1 Å². The van der Waals surface area contributed by atoms with Crippen LogP contribution in [0.3, 0.4) is 0 Å². The predicted molar refractivity (Wildman–Crippen MR) is 195 cm³/mol. The van der Waals surface area contributed by atoms with Gasteiger partial charge in [0.2, 0.25) is 0 Å². The number of aromatic nitrogens is 2. The van der Waals surface area contributed by atoms with E-state index in [2.05, 4.69) is 124 Å². The molecule has 7 aromatic carbocycles. The van der Waals surface area contributed by atoms with Crippen LogP contribution in [0.2, 0.25) is 0 Å². The van der Waals surface area contributed by atoms with Crippen LogP contribution in [0.25, 0.3) is 77.2 Å². The lowest BCUT2D eigenvalue weighted by atomic mass is 9.88. The number of hydrogen-bond acceptors (Lipinski definition) is 2. The second-order valence-corrected chi connectivity index (χ2v) is 11.9. The zero-order chi connectivity index (χ0) is 32.2. The largest absolute Gasteiger partial charge is 0.309 e. The van der Waals surface area contributed by atoms with Gasteiger partial charge in [0.25, 0.3) is 0 Å². The van der Waals surface area contributed by atoms with E-state index in [0.717, 1.165) is 66.5 Å². The van der Waals surface area contributed by atoms with Gasteiger partial charge in [-0.25, -0.2) is 0 Å². The molecule has 0 saturated carbocycles. The smallest absolute Gasteiger partial charge is 0.101 e. The standard InChI is InChI=1S/C44H26N4/c45-27-30-11-9-17-33(29-23-25-32(26-24-29)47-39-19-5-1-13-34(39)35-14-2-6-20-40(35)47)43(30)38-18-10-12-31(28-46)44(38)48-41-21-7-3-15-36(41)37-16-4-8-22-42(37)48/h1-26H. The Kier molecular flexibility index (Phi) is 6.22. The molecule has 2 aromatic heterocycles. The fourth-order valence-corrected chi connectivity index (χ4v) is 7.41. The minimum absolute atomic E-state index is 0.541. The first-order valence-electron chi connectivity index (χ1n) is 15.9. The minimum atomic E-state index is 0.541. The SMILES string of the molecule is N#Cc1cccc(-c2ccc(-n3c4ccccc4c4ccccc43)cc2)c1-c1cccc(C#N)c1-n1c2ccccc2c2ccccc21. The van der Waals surface area contributed by atoms with Crippen molar-refractivity contribution < 1.29 is 0 Å². The van der Waals surface area contributed by atoms with Crippen molar-refractivity contribution in [2.75, 3.05) is 0 Å². The maximum atomic E-state index is 10.5. The molecule has 0 N–H and O–H groups in total. The first-order chi connectivity index (χ1) is 23.8. The van der Waals surface area contributed by atoms with Crippen molar-refractivity contribution >= 4 is 43.6 Å². The lowest BCUT2D eigenvalue weighted by Crippen LogP contribution is -2.02. The van der Waals surface area contributed by atoms with Crippen molar-refractivity contribution in [2.45, 2.75) is 0 Å². The summed E-state index contributed by atoms with van der Waals surface area (Å²) >= 11 is 0. The van der Waals surface area contributed by atoms with Crippen molar-refractivity contribution in [3.63, 3.8) is 0 Å². The Hall–Kier alpha value is -6.88. The highest BCUT2D eigenvalue weighted by Gasteiger charge is 2.22. The molecular weight excluding hydrogens is 585 g/mol. The van der Waals surface area contributed by atoms with Crippen LogP contribution < -0.4 is 0 Å². The van der Waals surface area contributed by atoms with E-state index >= 15 is 0 Å². The molecular formula is C44H26N4. The summed E-state index contributed by atoms with van der Waals surface area (Å²) in [4.78, 5) is 0. The molecule has 0 saturated heterocycles.